The average molecular weight is 980 g/mol. The molecule has 2 aliphatic heterocycles. The predicted molar refractivity (Wildman–Crippen MR) is 261 cm³/mol. The summed E-state index contributed by atoms with van der Waals surface area (Å²) in [4.78, 5) is 126. The van der Waals surface area contributed by atoms with E-state index >= 15 is 0 Å². The minimum Gasteiger partial charge on any atom is -0.493 e. The van der Waals surface area contributed by atoms with E-state index in [-0.39, 0.29) is 62.3 Å². The number of carboxylic acid groups (broad SMARTS) is 1. The maximum Gasteiger partial charge on any atom is 0.326 e. The van der Waals surface area contributed by atoms with Gasteiger partial charge < -0.3 is 51.0 Å². The lowest BCUT2D eigenvalue weighted by atomic mass is 9.98. The summed E-state index contributed by atoms with van der Waals surface area (Å²) in [6, 6.07) is 15.0. The number of benzene rings is 3. The van der Waals surface area contributed by atoms with Crippen LogP contribution in [0.4, 0.5) is 0 Å². The fourth-order valence-electron chi connectivity index (χ4n) is 8.27. The fraction of sp³-hybridized carbons (Fsp3) is 0.442. The van der Waals surface area contributed by atoms with E-state index in [0.717, 1.165) is 10.5 Å². The number of methoxy groups -OCH3 is 1. The molecule has 19 nitrogen and oxygen atoms in total. The summed E-state index contributed by atoms with van der Waals surface area (Å²) < 4.78 is 11.3. The molecule has 0 aliphatic carbocycles. The molecule has 1 saturated heterocycles. The lowest BCUT2D eigenvalue weighted by Crippen LogP contribution is -2.60. The van der Waals surface area contributed by atoms with Gasteiger partial charge in [-0.1, -0.05) is 86.7 Å². The van der Waals surface area contributed by atoms with Gasteiger partial charge in [0.1, 0.15) is 42.9 Å². The molecular formula is C52H65N7O12. The number of fused-ring (bicyclic) bond motifs is 3. The van der Waals surface area contributed by atoms with Crippen LogP contribution in [0.3, 0.4) is 0 Å². The molecule has 2 bridgehead atoms. The van der Waals surface area contributed by atoms with E-state index in [0.29, 0.717) is 24.8 Å². The van der Waals surface area contributed by atoms with Gasteiger partial charge >= 0.3 is 5.97 Å². The summed E-state index contributed by atoms with van der Waals surface area (Å²) in [5, 5.41) is 23.3. The van der Waals surface area contributed by atoms with Gasteiger partial charge in [-0.25, -0.2) is 4.79 Å². The Morgan fingerprint density at radius 1 is 0.775 bits per heavy atom. The van der Waals surface area contributed by atoms with E-state index in [2.05, 4.69) is 26.6 Å². The van der Waals surface area contributed by atoms with Gasteiger partial charge in [0.2, 0.25) is 35.4 Å². The first-order chi connectivity index (χ1) is 34.0. The third kappa shape index (κ3) is 15.7. The van der Waals surface area contributed by atoms with Crippen molar-refractivity contribution in [3.63, 3.8) is 0 Å². The highest BCUT2D eigenvalue weighted by atomic mass is 16.5. The van der Waals surface area contributed by atoms with Crippen LogP contribution in [0.15, 0.2) is 91.0 Å². The monoisotopic (exact) mass is 979 g/mol. The molecule has 0 radical (unpaired) electrons. The standard InChI is InChI=1S/C52H65N7O12/c1-32(2)44-49(65)56-39(29-35-19-11-7-12-20-35)50(66)58(4)31-43(60)54-38(52(68)69)21-13-8-16-28-71-42-30-36(24-26-41(42)70-5)45(61)51(67)59-27-15-14-22-40(59)48(64)55-37(25-23-34-17-9-6-10-18-34)47(63)53-33(3)46(62)57-44/h6-12,16-20,24,26,30,32-33,37-40,44H,13-15,21-23,25,27-29,31H2,1-5H3,(H,53,63)(H,54,60)(H,55,64)(H,56,65)(H,57,62)(H,68,69)/b16-8+/t33?,37-,38?,39?,40+,44?/m1/s1. The van der Waals surface area contributed by atoms with E-state index in [1.54, 1.807) is 56.3 Å². The summed E-state index contributed by atoms with van der Waals surface area (Å²) in [5.74, 6) is -7.52. The number of likely N-dealkylation sites (N-methyl/N-ethyl adjacent to an activating group) is 1. The molecule has 6 N–H and O–H groups in total. The Kier molecular flexibility index (Phi) is 20.2. The van der Waals surface area contributed by atoms with Crippen LogP contribution in [-0.4, -0.2) is 138 Å². The van der Waals surface area contributed by atoms with Crippen LogP contribution in [0.25, 0.3) is 0 Å². The van der Waals surface area contributed by atoms with Crippen LogP contribution in [0.1, 0.15) is 80.8 Å². The molecule has 4 unspecified atom stereocenters. The summed E-state index contributed by atoms with van der Waals surface area (Å²) in [6.07, 6.45) is 5.18. The highest BCUT2D eigenvalue weighted by molar-refractivity contribution is 6.43. The topological polar surface area (TPSA) is 259 Å². The van der Waals surface area contributed by atoms with Crippen molar-refractivity contribution < 1.29 is 57.7 Å². The number of carbonyl (C=O) groups is 9. The lowest BCUT2D eigenvalue weighted by molar-refractivity contribution is -0.143. The van der Waals surface area contributed by atoms with Crippen LogP contribution in [-0.2, 0) is 51.2 Å². The van der Waals surface area contributed by atoms with Gasteiger partial charge in [-0.2, -0.15) is 0 Å². The molecule has 3 aromatic rings. The van der Waals surface area contributed by atoms with E-state index in [1.165, 1.54) is 44.2 Å². The normalized spacial score (nSPS) is 23.6. The molecule has 380 valence electrons. The molecule has 71 heavy (non-hydrogen) atoms. The van der Waals surface area contributed by atoms with Gasteiger partial charge in [0.15, 0.2) is 11.5 Å². The van der Waals surface area contributed by atoms with E-state index in [1.807, 2.05) is 30.3 Å². The number of amides is 7. The molecular weight excluding hydrogens is 915 g/mol. The van der Waals surface area contributed by atoms with Gasteiger partial charge in [-0.15, -0.1) is 0 Å². The number of aryl methyl sites for hydroxylation is 1. The van der Waals surface area contributed by atoms with Crippen LogP contribution >= 0.6 is 0 Å². The minimum atomic E-state index is -1.32. The number of nitrogens with one attached hydrogen (secondary N) is 5. The highest BCUT2D eigenvalue weighted by Crippen LogP contribution is 2.29. The summed E-state index contributed by atoms with van der Waals surface area (Å²) in [6.45, 7) is 4.29. The van der Waals surface area contributed by atoms with Crippen LogP contribution in [0.2, 0.25) is 0 Å². The zero-order valence-electron chi connectivity index (χ0n) is 40.8. The highest BCUT2D eigenvalue weighted by Gasteiger charge is 2.38. The minimum absolute atomic E-state index is 0.00772. The first-order valence-corrected chi connectivity index (χ1v) is 23.8. The van der Waals surface area contributed by atoms with Crippen LogP contribution in [0, 0.1) is 5.92 Å². The molecule has 5 rings (SSSR count). The van der Waals surface area contributed by atoms with Gasteiger partial charge in [0, 0.05) is 25.6 Å². The number of hydrogen-bond donors (Lipinski definition) is 6. The third-order valence-electron chi connectivity index (χ3n) is 12.3. The molecule has 3 aromatic carbocycles. The van der Waals surface area contributed by atoms with Crippen molar-refractivity contribution in [1.29, 1.82) is 0 Å². The SMILES string of the molecule is COc1ccc2cc1OC/C=C/CCC(C(=O)O)NC(=O)CN(C)C(=O)C(Cc1ccccc1)NC(=O)C(C(C)C)NC(=O)C(C)NC(=O)[C@@H](CCc1ccccc1)NC(=O)[C@@H]1CCCCN1C(=O)C2=O. The molecule has 0 spiro atoms. The number of ketones is 1. The molecule has 2 aliphatic rings. The van der Waals surface area contributed by atoms with Gasteiger partial charge in [-0.3, -0.25) is 38.4 Å². The smallest absolute Gasteiger partial charge is 0.326 e. The maximum absolute atomic E-state index is 14.2. The molecule has 7 amide bonds. The van der Waals surface area contributed by atoms with Gasteiger partial charge in [-0.05, 0) is 87.1 Å². The second-order valence-corrected chi connectivity index (χ2v) is 18.0. The van der Waals surface area contributed by atoms with Crippen molar-refractivity contribution in [2.75, 3.05) is 33.9 Å². The number of ether oxygens (including phenoxy) is 2. The lowest BCUT2D eigenvalue weighted by Gasteiger charge is -2.35. The predicted octanol–water partition coefficient (Wildman–Crippen LogP) is 2.51. The third-order valence-corrected chi connectivity index (χ3v) is 12.3. The number of carbonyl (C=O) groups excluding carboxylic acids is 8. The van der Waals surface area contributed by atoms with Gasteiger partial charge in [0.25, 0.3) is 11.7 Å². The van der Waals surface area contributed by atoms with E-state index in [4.69, 9.17) is 9.47 Å². The van der Waals surface area contributed by atoms with Crippen molar-refractivity contribution in [2.45, 2.75) is 108 Å². The number of aliphatic carboxylic acids is 1. The Bertz CT molecular complexity index is 2410. The zero-order chi connectivity index (χ0) is 51.6. The Hall–Kier alpha value is -7.57. The first-order valence-electron chi connectivity index (χ1n) is 23.8. The van der Waals surface area contributed by atoms with Crippen LogP contribution < -0.4 is 36.1 Å². The first kappa shape index (κ1) is 54.4. The molecule has 0 aromatic heterocycles. The summed E-state index contributed by atoms with van der Waals surface area (Å²) in [5.41, 5.74) is 1.53. The fourth-order valence-corrected chi connectivity index (χ4v) is 8.27. The van der Waals surface area contributed by atoms with Crippen molar-refractivity contribution in [2.24, 2.45) is 5.92 Å². The zero-order valence-corrected chi connectivity index (χ0v) is 40.8. The summed E-state index contributed by atoms with van der Waals surface area (Å²) >= 11 is 0. The van der Waals surface area contributed by atoms with Crippen molar-refractivity contribution in [3.05, 3.63) is 108 Å². The number of rotatable bonds is 8. The summed E-state index contributed by atoms with van der Waals surface area (Å²) in [7, 11) is 2.75. The Balaban J connectivity index is 1.46. The van der Waals surface area contributed by atoms with E-state index < -0.39 is 102 Å². The number of piperidine rings is 1. The molecule has 2 heterocycles. The van der Waals surface area contributed by atoms with Crippen LogP contribution in [0.5, 0.6) is 11.5 Å². The van der Waals surface area contributed by atoms with Crippen molar-refractivity contribution in [1.82, 2.24) is 36.4 Å². The molecule has 19 heteroatoms. The second-order valence-electron chi connectivity index (χ2n) is 18.0. The number of nitrogens with zero attached hydrogens (tertiary/aromatic N) is 2. The number of allylic oxidation sites excluding steroid dienone is 1. The Morgan fingerprint density at radius 2 is 1.45 bits per heavy atom. The Labute approximate surface area is 413 Å². The maximum atomic E-state index is 14.2. The Morgan fingerprint density at radius 3 is 2.11 bits per heavy atom. The molecule has 1 fully saturated rings. The average Bonchev–Trinajstić information content (AvgIpc) is 3.36. The van der Waals surface area contributed by atoms with E-state index in [9.17, 15) is 48.3 Å². The second kappa shape index (κ2) is 26.4. The van der Waals surface area contributed by atoms with Crippen molar-refractivity contribution in [3.8, 4) is 11.5 Å². The quantitative estimate of drug-likeness (QED) is 0.141. The largest absolute Gasteiger partial charge is 0.493 e. The number of hydrogen-bond acceptors (Lipinski definition) is 11. The van der Waals surface area contributed by atoms with Crippen molar-refractivity contribution >= 4 is 53.1 Å². The molecule has 6 atom stereocenters. The van der Waals surface area contributed by atoms with Gasteiger partial charge in [0.05, 0.1) is 13.7 Å². The molecule has 0 saturated carbocycles. The number of carboxylic acids is 1. The number of Topliss-reactive ketones (excluding diaryl/α,β-unsaturated/α-hetero) is 1.